The molecule has 0 spiro atoms. The third kappa shape index (κ3) is 5.09. The van der Waals surface area contributed by atoms with Crippen molar-refractivity contribution in [3.8, 4) is 0 Å². The second-order valence-electron chi connectivity index (χ2n) is 5.87. The first kappa shape index (κ1) is 19.5. The molecule has 0 saturated carbocycles. The fraction of sp³-hybridized carbons (Fsp3) is 0.529. The summed E-state index contributed by atoms with van der Waals surface area (Å²) in [4.78, 5) is 19.0. The summed E-state index contributed by atoms with van der Waals surface area (Å²) in [6.07, 6.45) is 2.23. The van der Waals surface area contributed by atoms with E-state index < -0.39 is 0 Å². The number of benzene rings is 1. The van der Waals surface area contributed by atoms with Gasteiger partial charge in [0.15, 0.2) is 4.34 Å². The van der Waals surface area contributed by atoms with Gasteiger partial charge in [-0.15, -0.1) is 23.7 Å². The summed E-state index contributed by atoms with van der Waals surface area (Å²) in [7, 11) is 0. The maximum absolute atomic E-state index is 12.4. The van der Waals surface area contributed by atoms with E-state index in [9.17, 15) is 4.79 Å². The zero-order chi connectivity index (χ0) is 16.1. The largest absolute Gasteiger partial charge is 0.342 e. The van der Waals surface area contributed by atoms with Gasteiger partial charge in [-0.2, -0.15) is 0 Å². The van der Waals surface area contributed by atoms with Crippen molar-refractivity contribution in [3.05, 3.63) is 24.3 Å². The van der Waals surface area contributed by atoms with E-state index in [1.165, 1.54) is 4.70 Å². The van der Waals surface area contributed by atoms with Crippen molar-refractivity contribution in [1.82, 2.24) is 15.2 Å². The van der Waals surface area contributed by atoms with E-state index in [-0.39, 0.29) is 18.3 Å². The number of amides is 1. The Morgan fingerprint density at radius 1 is 1.38 bits per heavy atom. The molecule has 0 unspecified atom stereocenters. The number of thioether (sulfide) groups is 1. The van der Waals surface area contributed by atoms with Gasteiger partial charge in [0.05, 0.1) is 16.0 Å². The lowest BCUT2D eigenvalue weighted by Gasteiger charge is -2.32. The highest BCUT2D eigenvalue weighted by atomic mass is 35.5. The fourth-order valence-electron chi connectivity index (χ4n) is 2.86. The lowest BCUT2D eigenvalue weighted by molar-refractivity contribution is -0.129. The number of fused-ring (bicyclic) bond motifs is 1. The minimum Gasteiger partial charge on any atom is -0.342 e. The van der Waals surface area contributed by atoms with Gasteiger partial charge in [0.2, 0.25) is 5.91 Å². The van der Waals surface area contributed by atoms with Gasteiger partial charge in [0.1, 0.15) is 0 Å². The molecular weight excluding hydrogens is 362 g/mol. The molecule has 1 fully saturated rings. The lowest BCUT2D eigenvalue weighted by Crippen LogP contribution is -2.41. The molecule has 2 aromatic rings. The standard InChI is InChI=1S/C17H23N3OS2.ClH/c1-2-18-11-13-7-9-20(10-8-13)16(21)12-22-17-19-14-5-3-4-6-15(14)23-17;/h3-6,13,18H,2,7-12H2,1H3;1H. The molecule has 24 heavy (non-hydrogen) atoms. The molecule has 1 aromatic heterocycles. The molecule has 1 N–H and O–H groups in total. The number of aromatic nitrogens is 1. The van der Waals surface area contributed by atoms with E-state index in [1.54, 1.807) is 23.1 Å². The van der Waals surface area contributed by atoms with E-state index in [4.69, 9.17) is 0 Å². The molecule has 7 heteroatoms. The average molecular weight is 386 g/mol. The third-order valence-electron chi connectivity index (χ3n) is 4.24. The minimum absolute atomic E-state index is 0. The zero-order valence-corrected chi connectivity index (χ0v) is 16.3. The smallest absolute Gasteiger partial charge is 0.233 e. The summed E-state index contributed by atoms with van der Waals surface area (Å²) in [5.41, 5.74) is 1.02. The molecular formula is C17H24ClN3OS2. The number of hydrogen-bond acceptors (Lipinski definition) is 5. The van der Waals surface area contributed by atoms with Crippen LogP contribution in [0.5, 0.6) is 0 Å². The Kier molecular flexibility index (Phi) is 7.81. The second kappa shape index (κ2) is 9.61. The quantitative estimate of drug-likeness (QED) is 0.771. The Balaban J connectivity index is 0.00000208. The van der Waals surface area contributed by atoms with Crippen molar-refractivity contribution < 1.29 is 4.79 Å². The molecule has 1 aliphatic heterocycles. The Morgan fingerprint density at radius 3 is 2.83 bits per heavy atom. The van der Waals surface area contributed by atoms with Crippen LogP contribution in [0.25, 0.3) is 10.2 Å². The van der Waals surface area contributed by atoms with E-state index in [2.05, 4.69) is 23.3 Å². The number of carbonyl (C=O) groups excluding carboxylic acids is 1. The number of carbonyl (C=O) groups is 1. The predicted octanol–water partition coefficient (Wildman–Crippen LogP) is 3.66. The minimum atomic E-state index is 0. The number of likely N-dealkylation sites (tertiary alicyclic amines) is 1. The maximum Gasteiger partial charge on any atom is 0.233 e. The van der Waals surface area contributed by atoms with Gasteiger partial charge in [0, 0.05) is 13.1 Å². The van der Waals surface area contributed by atoms with Gasteiger partial charge in [-0.3, -0.25) is 4.79 Å². The Labute approximate surface area is 157 Å². The van der Waals surface area contributed by atoms with Gasteiger partial charge >= 0.3 is 0 Å². The van der Waals surface area contributed by atoms with Crippen LogP contribution in [0.1, 0.15) is 19.8 Å². The Bertz CT molecular complexity index is 623. The van der Waals surface area contributed by atoms with Gasteiger partial charge in [-0.1, -0.05) is 30.8 Å². The van der Waals surface area contributed by atoms with Crippen molar-refractivity contribution in [2.45, 2.75) is 24.1 Å². The number of nitrogens with zero attached hydrogens (tertiary/aromatic N) is 2. The van der Waals surface area contributed by atoms with Crippen LogP contribution in [0.2, 0.25) is 0 Å². The molecule has 3 rings (SSSR count). The first-order valence-corrected chi connectivity index (χ1v) is 10.0. The molecule has 1 aliphatic rings. The summed E-state index contributed by atoms with van der Waals surface area (Å²) in [6.45, 7) is 6.04. The molecule has 0 bridgehead atoms. The van der Waals surface area contributed by atoms with E-state index in [0.717, 1.165) is 54.8 Å². The van der Waals surface area contributed by atoms with Crippen LogP contribution in [-0.4, -0.2) is 47.7 Å². The van der Waals surface area contributed by atoms with Crippen molar-refractivity contribution in [3.63, 3.8) is 0 Å². The van der Waals surface area contributed by atoms with Gasteiger partial charge < -0.3 is 10.2 Å². The summed E-state index contributed by atoms with van der Waals surface area (Å²) in [5, 5.41) is 3.41. The van der Waals surface area contributed by atoms with Crippen LogP contribution in [-0.2, 0) is 4.79 Å². The van der Waals surface area contributed by atoms with E-state index >= 15 is 0 Å². The summed E-state index contributed by atoms with van der Waals surface area (Å²) in [6, 6.07) is 8.12. The van der Waals surface area contributed by atoms with Gasteiger partial charge in [-0.05, 0) is 44.0 Å². The number of piperidine rings is 1. The molecule has 1 aromatic carbocycles. The normalized spacial score (nSPS) is 15.5. The lowest BCUT2D eigenvalue weighted by atomic mass is 9.97. The number of hydrogen-bond donors (Lipinski definition) is 1. The zero-order valence-electron chi connectivity index (χ0n) is 13.9. The van der Waals surface area contributed by atoms with Crippen molar-refractivity contribution in [1.29, 1.82) is 0 Å². The Morgan fingerprint density at radius 2 is 2.12 bits per heavy atom. The Hall–Kier alpha value is -0.820. The summed E-state index contributed by atoms with van der Waals surface area (Å²) >= 11 is 3.23. The molecule has 132 valence electrons. The monoisotopic (exact) mass is 385 g/mol. The van der Waals surface area contributed by atoms with Crippen LogP contribution in [0.15, 0.2) is 28.6 Å². The fourth-order valence-corrected chi connectivity index (χ4v) is 4.83. The van der Waals surface area contributed by atoms with Crippen molar-refractivity contribution >= 4 is 51.6 Å². The highest BCUT2D eigenvalue weighted by molar-refractivity contribution is 8.01. The number of para-hydroxylation sites is 1. The summed E-state index contributed by atoms with van der Waals surface area (Å²) in [5.74, 6) is 1.46. The van der Waals surface area contributed by atoms with Crippen LogP contribution in [0, 0.1) is 5.92 Å². The summed E-state index contributed by atoms with van der Waals surface area (Å²) < 4.78 is 2.17. The maximum atomic E-state index is 12.4. The predicted molar refractivity (Wildman–Crippen MR) is 105 cm³/mol. The van der Waals surface area contributed by atoms with E-state index in [0.29, 0.717) is 5.75 Å². The van der Waals surface area contributed by atoms with Gasteiger partial charge in [-0.25, -0.2) is 4.98 Å². The SMILES string of the molecule is CCNCC1CCN(C(=O)CSc2nc3ccccc3s2)CC1.Cl. The topological polar surface area (TPSA) is 45.2 Å². The van der Waals surface area contributed by atoms with Crippen molar-refractivity contribution in [2.75, 3.05) is 31.9 Å². The average Bonchev–Trinajstić information content (AvgIpc) is 3.01. The number of nitrogens with one attached hydrogen (secondary N) is 1. The highest BCUT2D eigenvalue weighted by Crippen LogP contribution is 2.29. The van der Waals surface area contributed by atoms with Crippen LogP contribution < -0.4 is 5.32 Å². The first-order chi connectivity index (χ1) is 11.3. The molecule has 1 amide bonds. The van der Waals surface area contributed by atoms with Crippen LogP contribution in [0.4, 0.5) is 0 Å². The number of thiazole rings is 1. The molecule has 2 heterocycles. The van der Waals surface area contributed by atoms with Gasteiger partial charge in [0.25, 0.3) is 0 Å². The van der Waals surface area contributed by atoms with Crippen LogP contribution in [0.3, 0.4) is 0 Å². The number of halogens is 1. The van der Waals surface area contributed by atoms with E-state index in [1.807, 2.05) is 23.1 Å². The molecule has 0 aliphatic carbocycles. The second-order valence-corrected chi connectivity index (χ2v) is 8.12. The van der Waals surface area contributed by atoms with Crippen molar-refractivity contribution in [2.24, 2.45) is 5.92 Å². The molecule has 0 radical (unpaired) electrons. The molecule has 4 nitrogen and oxygen atoms in total. The third-order valence-corrected chi connectivity index (χ3v) is 6.41. The highest BCUT2D eigenvalue weighted by Gasteiger charge is 2.22. The molecule has 0 atom stereocenters. The van der Waals surface area contributed by atoms with Crippen LogP contribution >= 0.6 is 35.5 Å². The number of rotatable bonds is 6. The first-order valence-electron chi connectivity index (χ1n) is 8.23. The molecule has 1 saturated heterocycles.